The Hall–Kier alpha value is -2.04. The number of carbonyl (C=O) groups is 1. The summed E-state index contributed by atoms with van der Waals surface area (Å²) in [5.74, 6) is 0.0550. The molecule has 0 atom stereocenters. The van der Waals surface area contributed by atoms with Crippen molar-refractivity contribution in [1.82, 2.24) is 4.90 Å². The molecule has 0 aliphatic heterocycles. The summed E-state index contributed by atoms with van der Waals surface area (Å²) in [6.45, 7) is 2.49. The number of oxime groups is 1. The molecule has 1 aromatic rings. The van der Waals surface area contributed by atoms with Crippen LogP contribution in [0.2, 0.25) is 0 Å². The van der Waals surface area contributed by atoms with Gasteiger partial charge in [-0.1, -0.05) is 24.2 Å². The standard InChI is InChI=1S/C13H19N3O2/c1-3-10-4-6-11(7-5-10)13(17)16(2)9-8-12(14)15-18/h4-7,18H,3,8-9H2,1-2H3,(H2,14,15). The number of amides is 1. The van der Waals surface area contributed by atoms with Crippen molar-refractivity contribution in [2.24, 2.45) is 10.9 Å². The molecule has 1 amide bonds. The van der Waals surface area contributed by atoms with E-state index < -0.39 is 0 Å². The molecule has 5 nitrogen and oxygen atoms in total. The van der Waals surface area contributed by atoms with E-state index in [1.165, 1.54) is 5.56 Å². The van der Waals surface area contributed by atoms with Gasteiger partial charge in [0.2, 0.25) is 0 Å². The van der Waals surface area contributed by atoms with E-state index in [-0.39, 0.29) is 11.7 Å². The molecule has 0 spiro atoms. The first kappa shape index (κ1) is 14.0. The lowest BCUT2D eigenvalue weighted by atomic mass is 10.1. The molecule has 3 N–H and O–H groups in total. The SMILES string of the molecule is CCc1ccc(C(=O)N(C)CC/C(N)=N/O)cc1. The highest BCUT2D eigenvalue weighted by Crippen LogP contribution is 2.07. The molecule has 18 heavy (non-hydrogen) atoms. The Balaban J connectivity index is 2.62. The van der Waals surface area contributed by atoms with Crippen molar-refractivity contribution in [3.63, 3.8) is 0 Å². The van der Waals surface area contributed by atoms with Crippen LogP contribution in [0.15, 0.2) is 29.4 Å². The van der Waals surface area contributed by atoms with Crippen LogP contribution in [0, 0.1) is 0 Å². The van der Waals surface area contributed by atoms with Gasteiger partial charge >= 0.3 is 0 Å². The van der Waals surface area contributed by atoms with Gasteiger partial charge in [-0.3, -0.25) is 4.79 Å². The molecular weight excluding hydrogens is 230 g/mol. The van der Waals surface area contributed by atoms with E-state index in [0.717, 1.165) is 6.42 Å². The molecule has 0 bridgehead atoms. The quantitative estimate of drug-likeness (QED) is 0.359. The van der Waals surface area contributed by atoms with Gasteiger partial charge in [0.25, 0.3) is 5.91 Å². The van der Waals surface area contributed by atoms with E-state index in [0.29, 0.717) is 18.5 Å². The fourth-order valence-electron chi connectivity index (χ4n) is 1.54. The molecule has 5 heteroatoms. The number of aryl methyl sites for hydroxylation is 1. The van der Waals surface area contributed by atoms with E-state index in [4.69, 9.17) is 10.9 Å². The van der Waals surface area contributed by atoms with Gasteiger partial charge in [-0.2, -0.15) is 0 Å². The zero-order chi connectivity index (χ0) is 13.5. The molecule has 1 aromatic carbocycles. The lowest BCUT2D eigenvalue weighted by Gasteiger charge is -2.16. The summed E-state index contributed by atoms with van der Waals surface area (Å²) in [6, 6.07) is 7.54. The zero-order valence-electron chi connectivity index (χ0n) is 10.8. The maximum absolute atomic E-state index is 12.0. The highest BCUT2D eigenvalue weighted by Gasteiger charge is 2.11. The van der Waals surface area contributed by atoms with E-state index >= 15 is 0 Å². The molecule has 0 aliphatic carbocycles. The fourth-order valence-corrected chi connectivity index (χ4v) is 1.54. The minimum absolute atomic E-state index is 0.0663. The lowest BCUT2D eigenvalue weighted by Crippen LogP contribution is -2.30. The first-order valence-corrected chi connectivity index (χ1v) is 5.89. The summed E-state index contributed by atoms with van der Waals surface area (Å²) < 4.78 is 0. The second-order valence-corrected chi connectivity index (χ2v) is 4.12. The number of hydrogen-bond donors (Lipinski definition) is 2. The van der Waals surface area contributed by atoms with Crippen molar-refractivity contribution in [2.45, 2.75) is 19.8 Å². The van der Waals surface area contributed by atoms with Crippen molar-refractivity contribution in [1.29, 1.82) is 0 Å². The van der Waals surface area contributed by atoms with E-state index in [1.54, 1.807) is 11.9 Å². The van der Waals surface area contributed by atoms with Crippen LogP contribution in [0.4, 0.5) is 0 Å². The first-order chi connectivity index (χ1) is 8.58. The Bertz CT molecular complexity index is 426. The second-order valence-electron chi connectivity index (χ2n) is 4.12. The Labute approximate surface area is 107 Å². The maximum Gasteiger partial charge on any atom is 0.253 e. The number of rotatable bonds is 5. The molecule has 0 saturated carbocycles. The van der Waals surface area contributed by atoms with Gasteiger partial charge in [0.05, 0.1) is 0 Å². The molecule has 0 fully saturated rings. The van der Waals surface area contributed by atoms with Crippen molar-refractivity contribution < 1.29 is 10.0 Å². The monoisotopic (exact) mass is 249 g/mol. The molecule has 0 aromatic heterocycles. The van der Waals surface area contributed by atoms with Crippen LogP contribution >= 0.6 is 0 Å². The third-order valence-electron chi connectivity index (χ3n) is 2.79. The fraction of sp³-hybridized carbons (Fsp3) is 0.385. The van der Waals surface area contributed by atoms with Gasteiger partial charge < -0.3 is 15.8 Å². The Kier molecular flexibility index (Phi) is 5.17. The molecule has 0 aliphatic rings. The molecule has 1 rings (SSSR count). The Morgan fingerprint density at radius 1 is 1.39 bits per heavy atom. The highest BCUT2D eigenvalue weighted by atomic mass is 16.4. The van der Waals surface area contributed by atoms with Gasteiger partial charge in [0.15, 0.2) is 0 Å². The predicted molar refractivity (Wildman–Crippen MR) is 70.8 cm³/mol. The van der Waals surface area contributed by atoms with E-state index in [1.807, 2.05) is 24.3 Å². The third-order valence-corrected chi connectivity index (χ3v) is 2.79. The zero-order valence-corrected chi connectivity index (χ0v) is 10.8. The average Bonchev–Trinajstić information content (AvgIpc) is 2.43. The normalized spacial score (nSPS) is 11.3. The van der Waals surface area contributed by atoms with Crippen LogP contribution in [0.25, 0.3) is 0 Å². The molecule has 0 unspecified atom stereocenters. The predicted octanol–water partition coefficient (Wildman–Crippen LogP) is 1.46. The largest absolute Gasteiger partial charge is 0.409 e. The van der Waals surface area contributed by atoms with Gasteiger partial charge in [-0.05, 0) is 24.1 Å². The van der Waals surface area contributed by atoms with Gasteiger partial charge in [0.1, 0.15) is 5.84 Å². The summed E-state index contributed by atoms with van der Waals surface area (Å²) in [5, 5.41) is 11.3. The molecule has 0 saturated heterocycles. The summed E-state index contributed by atoms with van der Waals surface area (Å²) in [6.07, 6.45) is 1.31. The topological polar surface area (TPSA) is 78.9 Å². The molecule has 98 valence electrons. The summed E-state index contributed by atoms with van der Waals surface area (Å²) in [4.78, 5) is 13.6. The van der Waals surface area contributed by atoms with Gasteiger partial charge in [-0.15, -0.1) is 0 Å². The van der Waals surface area contributed by atoms with Crippen molar-refractivity contribution in [3.05, 3.63) is 35.4 Å². The maximum atomic E-state index is 12.0. The number of amidine groups is 1. The van der Waals surface area contributed by atoms with Crippen LogP contribution in [-0.2, 0) is 6.42 Å². The van der Waals surface area contributed by atoms with Crippen LogP contribution in [0.1, 0.15) is 29.3 Å². The number of benzene rings is 1. The van der Waals surface area contributed by atoms with Crippen LogP contribution in [0.3, 0.4) is 0 Å². The molecular formula is C13H19N3O2. The van der Waals surface area contributed by atoms with Crippen molar-refractivity contribution in [2.75, 3.05) is 13.6 Å². The van der Waals surface area contributed by atoms with Crippen LogP contribution in [0.5, 0.6) is 0 Å². The second kappa shape index (κ2) is 6.64. The number of nitrogens with zero attached hydrogens (tertiary/aromatic N) is 2. The van der Waals surface area contributed by atoms with E-state index in [2.05, 4.69) is 12.1 Å². The van der Waals surface area contributed by atoms with Gasteiger partial charge in [0, 0.05) is 25.6 Å². The number of carbonyl (C=O) groups excluding carboxylic acids is 1. The summed E-state index contributed by atoms with van der Waals surface area (Å²) in [7, 11) is 1.70. The van der Waals surface area contributed by atoms with Crippen LogP contribution < -0.4 is 5.73 Å². The van der Waals surface area contributed by atoms with Crippen molar-refractivity contribution >= 4 is 11.7 Å². The first-order valence-electron chi connectivity index (χ1n) is 5.89. The summed E-state index contributed by atoms with van der Waals surface area (Å²) in [5.41, 5.74) is 7.21. The highest BCUT2D eigenvalue weighted by molar-refractivity contribution is 5.94. The van der Waals surface area contributed by atoms with Gasteiger partial charge in [-0.25, -0.2) is 0 Å². The molecule has 0 radical (unpaired) electrons. The van der Waals surface area contributed by atoms with Crippen molar-refractivity contribution in [3.8, 4) is 0 Å². The lowest BCUT2D eigenvalue weighted by molar-refractivity contribution is 0.0798. The van der Waals surface area contributed by atoms with E-state index in [9.17, 15) is 4.79 Å². The minimum atomic E-state index is -0.0663. The minimum Gasteiger partial charge on any atom is -0.409 e. The number of nitrogens with two attached hydrogens (primary N) is 1. The smallest absolute Gasteiger partial charge is 0.253 e. The molecule has 0 heterocycles. The van der Waals surface area contributed by atoms with Crippen LogP contribution in [-0.4, -0.2) is 35.4 Å². The Morgan fingerprint density at radius 3 is 2.50 bits per heavy atom. The third kappa shape index (κ3) is 3.76. The Morgan fingerprint density at radius 2 is 2.00 bits per heavy atom. The average molecular weight is 249 g/mol. The summed E-state index contributed by atoms with van der Waals surface area (Å²) >= 11 is 0. The number of hydrogen-bond acceptors (Lipinski definition) is 3.